The molecule has 6 aliphatic rings. The van der Waals surface area contributed by atoms with Gasteiger partial charge in [0.25, 0.3) is 0 Å². The molecule has 0 radical (unpaired) electrons. The predicted molar refractivity (Wildman–Crippen MR) is 586 cm³/mol. The Bertz CT molecular complexity index is 9760. The van der Waals surface area contributed by atoms with Gasteiger partial charge in [-0.05, 0) is 235 Å². The number of para-hydroxylation sites is 3. The molecule has 0 bridgehead atoms. The molecular weight excluding hydrogens is 1700 g/mol. The first-order valence-corrected chi connectivity index (χ1v) is 49.1. The first-order chi connectivity index (χ1) is 70.0. The molecule has 3 aromatic heterocycles. The van der Waals surface area contributed by atoms with Gasteiger partial charge in [-0.1, -0.05) is 473 Å². The Kier molecular flexibility index (Phi) is 17.1. The van der Waals surface area contributed by atoms with Crippen molar-refractivity contribution in [3.05, 3.63) is 570 Å². The average molecular weight is 1780 g/mol. The Morgan fingerprint density at radius 1 is 0.128 bits per heavy atom. The molecule has 650 valence electrons. The Morgan fingerprint density at radius 3 is 0.730 bits per heavy atom. The van der Waals surface area contributed by atoms with E-state index in [2.05, 4.69) is 504 Å². The summed E-state index contributed by atoms with van der Waals surface area (Å²) in [6.45, 7) is 0. The van der Waals surface area contributed by atoms with Crippen LogP contribution in [0.4, 0.5) is 0 Å². The van der Waals surface area contributed by atoms with Crippen LogP contribution in [0.5, 0.6) is 0 Å². The van der Waals surface area contributed by atoms with Crippen molar-refractivity contribution >= 4 is 97.3 Å². The fraction of sp³-hybridized carbons (Fsp3) is 0.0217. The molecule has 141 heavy (non-hydrogen) atoms. The highest BCUT2D eigenvalue weighted by atomic mass is 14.7. The largest absolute Gasteiger partial charge is 0.247 e. The Hall–Kier alpha value is -18.2. The van der Waals surface area contributed by atoms with Crippen molar-refractivity contribution in [2.75, 3.05) is 0 Å². The van der Waals surface area contributed by atoms with Crippen LogP contribution in [-0.2, 0) is 16.2 Å². The number of benzene rings is 23. The standard InChI is InChI=1S/2C48H29N.C42H25N/c1-2-14-33-30(12-1)13-11-19-34(33)31-24-26-32(27-25-31)47-46-38(37-17-6-10-23-44(37)49-47)28-29-43-45(46)39-18-5-9-22-42(39)48(43)40-20-7-3-15-35(40)36-16-4-8-21-41(36)48;1-2-12-33-29-34(26-23-30(33)11-1)31-21-24-32(25-22-31)47-46-38(37-15-6-10-20-44(37)49-47)27-28-43-45(46)39-16-5-9-19-42(39)48(43)40-17-7-3-13-35(40)36-14-4-8-18-41(36)48;1-2-12-27-25-28(22-21-26(27)11-1)41-40-32(31-15-6-10-20-38(31)43-41)23-24-37-39(40)33-16-5-9-19-36(33)42(37)34-17-7-3-13-29(34)30-14-4-8-18-35(30)42/h2*1-29H;1-25H. The zero-order valence-corrected chi connectivity index (χ0v) is 76.8. The molecule has 0 amide bonds. The highest BCUT2D eigenvalue weighted by Crippen LogP contribution is 2.69. The van der Waals surface area contributed by atoms with Gasteiger partial charge in [-0.15, -0.1) is 0 Å². The maximum atomic E-state index is 5.48. The second kappa shape index (κ2) is 30.4. The van der Waals surface area contributed by atoms with Crippen LogP contribution in [0.2, 0.25) is 0 Å². The number of hydrogen-bond donors (Lipinski definition) is 0. The fourth-order valence-corrected chi connectivity index (χ4v) is 26.3. The van der Waals surface area contributed by atoms with Crippen LogP contribution in [0, 0.1) is 0 Å². The Labute approximate surface area is 815 Å². The monoisotopic (exact) mass is 1780 g/mol. The molecule has 3 heteroatoms. The van der Waals surface area contributed by atoms with Crippen molar-refractivity contribution in [3.8, 4) is 123 Å². The minimum absolute atomic E-state index is 0.375. The van der Waals surface area contributed by atoms with Crippen molar-refractivity contribution in [2.24, 2.45) is 0 Å². The number of rotatable bonds is 5. The molecule has 0 N–H and O–H groups in total. The third-order valence-corrected chi connectivity index (χ3v) is 32.0. The molecule has 6 aliphatic carbocycles. The van der Waals surface area contributed by atoms with Gasteiger partial charge in [0.15, 0.2) is 0 Å². The first-order valence-electron chi connectivity index (χ1n) is 49.1. The third-order valence-electron chi connectivity index (χ3n) is 32.0. The van der Waals surface area contributed by atoms with Gasteiger partial charge in [0.2, 0.25) is 0 Å². The topological polar surface area (TPSA) is 38.7 Å². The highest BCUT2D eigenvalue weighted by Gasteiger charge is 2.56. The second-order valence-corrected chi connectivity index (χ2v) is 38.6. The van der Waals surface area contributed by atoms with Crippen LogP contribution in [0.25, 0.3) is 220 Å². The predicted octanol–water partition coefficient (Wildman–Crippen LogP) is 35.0. The third kappa shape index (κ3) is 11.1. The molecule has 3 spiro atoms. The molecule has 26 aromatic rings. The van der Waals surface area contributed by atoms with E-state index in [9.17, 15) is 0 Å². The van der Waals surface area contributed by atoms with E-state index >= 15 is 0 Å². The Morgan fingerprint density at radius 2 is 0.369 bits per heavy atom. The molecule has 0 unspecified atom stereocenters. The van der Waals surface area contributed by atoms with Gasteiger partial charge in [-0.25, -0.2) is 15.0 Å². The number of pyridine rings is 3. The molecule has 32 rings (SSSR count). The van der Waals surface area contributed by atoms with E-state index in [1.54, 1.807) is 0 Å². The van der Waals surface area contributed by atoms with E-state index < -0.39 is 10.8 Å². The Balaban J connectivity index is 0.0000000994. The number of aromatic nitrogens is 3. The van der Waals surface area contributed by atoms with E-state index in [1.807, 2.05) is 0 Å². The average Bonchev–Trinajstić information content (AvgIpc) is 1.51. The van der Waals surface area contributed by atoms with E-state index in [0.29, 0.717) is 0 Å². The zero-order chi connectivity index (χ0) is 92.3. The minimum Gasteiger partial charge on any atom is -0.247 e. The van der Waals surface area contributed by atoms with Crippen molar-refractivity contribution in [1.82, 2.24) is 15.0 Å². The molecule has 0 atom stereocenters. The van der Waals surface area contributed by atoms with Crippen molar-refractivity contribution in [1.29, 1.82) is 0 Å². The van der Waals surface area contributed by atoms with Gasteiger partial charge < -0.3 is 0 Å². The molecule has 3 heterocycles. The quantitative estimate of drug-likeness (QED) is 0.161. The maximum absolute atomic E-state index is 5.48. The summed E-state index contributed by atoms with van der Waals surface area (Å²) >= 11 is 0. The smallest absolute Gasteiger partial charge is 0.0794 e. The summed E-state index contributed by atoms with van der Waals surface area (Å²) in [5, 5.41) is 18.5. The van der Waals surface area contributed by atoms with Crippen LogP contribution in [0.1, 0.15) is 66.8 Å². The van der Waals surface area contributed by atoms with E-state index in [1.165, 1.54) is 237 Å². The molecule has 3 nitrogen and oxygen atoms in total. The summed E-state index contributed by atoms with van der Waals surface area (Å²) in [5.74, 6) is 0. The lowest BCUT2D eigenvalue weighted by molar-refractivity contribution is 0.794. The molecular formula is C138H83N3. The number of fused-ring (bicyclic) bond motifs is 45. The number of hydrogen-bond acceptors (Lipinski definition) is 3. The van der Waals surface area contributed by atoms with E-state index in [0.717, 1.165) is 50.3 Å². The summed E-state index contributed by atoms with van der Waals surface area (Å²) < 4.78 is 0. The van der Waals surface area contributed by atoms with Gasteiger partial charge >= 0.3 is 0 Å². The summed E-state index contributed by atoms with van der Waals surface area (Å²) in [4.78, 5) is 16.4. The molecule has 0 aliphatic heterocycles. The van der Waals surface area contributed by atoms with Crippen LogP contribution in [0.3, 0.4) is 0 Å². The molecule has 0 saturated carbocycles. The van der Waals surface area contributed by atoms with Gasteiger partial charge in [0.05, 0.1) is 49.9 Å². The number of nitrogens with zero attached hydrogens (tertiary/aromatic N) is 3. The SMILES string of the molecule is c1ccc2c(c1)-c1ccccc1C21c2ccccc2-c2c1ccc1c2c(-c2ccc(-c3ccc4ccccc4c3)cc2)nc2ccccc21.c1ccc2c(c1)-c1ccccc1C21c2ccccc2-c2c1ccc1c2c(-c2ccc(-c3cccc4ccccc34)cc2)nc2ccccc21.c1ccc2c(c1)-c1ccccc1C21c2ccccc2-c2c1ccc1c2c(-c2ccc3ccccc3c2)nc2ccccc21. The maximum Gasteiger partial charge on any atom is 0.0794 e. The normalized spacial score (nSPS) is 13.6. The van der Waals surface area contributed by atoms with Gasteiger partial charge in [-0.3, -0.25) is 0 Å². The summed E-state index contributed by atoms with van der Waals surface area (Å²) in [6, 6.07) is 185. The molecule has 0 fully saturated rings. The highest BCUT2D eigenvalue weighted by molar-refractivity contribution is 6.23. The van der Waals surface area contributed by atoms with Crippen LogP contribution in [-0.4, -0.2) is 15.0 Å². The lowest BCUT2D eigenvalue weighted by Crippen LogP contribution is -2.25. The van der Waals surface area contributed by atoms with Crippen LogP contribution in [0.15, 0.2) is 504 Å². The van der Waals surface area contributed by atoms with Gasteiger partial charge in [0.1, 0.15) is 0 Å². The lowest BCUT2D eigenvalue weighted by atomic mass is 9.70. The fourth-order valence-electron chi connectivity index (χ4n) is 26.3. The second-order valence-electron chi connectivity index (χ2n) is 38.6. The van der Waals surface area contributed by atoms with E-state index in [-0.39, 0.29) is 5.41 Å². The summed E-state index contributed by atoms with van der Waals surface area (Å²) in [6.07, 6.45) is 0. The van der Waals surface area contributed by atoms with Crippen molar-refractivity contribution < 1.29 is 0 Å². The lowest BCUT2D eigenvalue weighted by Gasteiger charge is -2.30. The first kappa shape index (κ1) is 79.1. The van der Waals surface area contributed by atoms with Crippen molar-refractivity contribution in [2.45, 2.75) is 16.2 Å². The van der Waals surface area contributed by atoms with E-state index in [4.69, 9.17) is 15.0 Å². The zero-order valence-electron chi connectivity index (χ0n) is 76.8. The van der Waals surface area contributed by atoms with Crippen LogP contribution >= 0.6 is 0 Å². The van der Waals surface area contributed by atoms with Crippen LogP contribution < -0.4 is 0 Å². The molecule has 0 saturated heterocycles. The van der Waals surface area contributed by atoms with Gasteiger partial charge in [0, 0.05) is 49.0 Å². The summed E-state index contributed by atoms with van der Waals surface area (Å²) in [5.41, 5.74) is 45.2. The minimum atomic E-state index is -0.394. The summed E-state index contributed by atoms with van der Waals surface area (Å²) in [7, 11) is 0. The van der Waals surface area contributed by atoms with Gasteiger partial charge in [-0.2, -0.15) is 0 Å². The molecule has 23 aromatic carbocycles. The van der Waals surface area contributed by atoms with Crippen molar-refractivity contribution in [3.63, 3.8) is 0 Å².